The number of carboxylic acid groups (broad SMARTS) is 1. The van der Waals surface area contributed by atoms with Crippen LogP contribution in [0.5, 0.6) is 17.2 Å². The van der Waals surface area contributed by atoms with E-state index in [2.05, 4.69) is 4.74 Å². The second kappa shape index (κ2) is 10.1. The Kier molecular flexibility index (Phi) is 7.68. The van der Waals surface area contributed by atoms with Gasteiger partial charge in [0.1, 0.15) is 22.8 Å². The lowest BCUT2D eigenvalue weighted by Gasteiger charge is -2.38. The molecule has 1 aliphatic rings. The van der Waals surface area contributed by atoms with Gasteiger partial charge in [0.2, 0.25) is 0 Å². The number of hydrogen-bond acceptors (Lipinski definition) is 7. The van der Waals surface area contributed by atoms with E-state index in [4.69, 9.17) is 9.47 Å². The van der Waals surface area contributed by atoms with Gasteiger partial charge < -0.3 is 24.2 Å². The van der Waals surface area contributed by atoms with Crippen LogP contribution in [-0.2, 0) is 19.4 Å². The van der Waals surface area contributed by atoms with E-state index in [1.807, 2.05) is 0 Å². The number of ether oxygens (including phenoxy) is 3. The second-order valence-electron chi connectivity index (χ2n) is 9.36. The molecule has 1 N–H and O–H groups in total. The molecule has 1 fully saturated rings. The summed E-state index contributed by atoms with van der Waals surface area (Å²) in [6, 6.07) is 9.58. The van der Waals surface area contributed by atoms with Crippen molar-refractivity contribution in [1.82, 2.24) is 4.90 Å². The molecule has 0 aromatic heterocycles. The zero-order valence-corrected chi connectivity index (χ0v) is 21.1. The largest absolute Gasteiger partial charge is 0.573 e. The molecule has 202 valence electrons. The third kappa shape index (κ3) is 6.64. The van der Waals surface area contributed by atoms with Crippen LogP contribution in [0, 0.1) is 0 Å². The lowest BCUT2D eigenvalue weighted by atomic mass is 9.96. The van der Waals surface area contributed by atoms with Gasteiger partial charge in [-0.15, -0.1) is 13.2 Å². The maximum atomic E-state index is 13.4. The van der Waals surface area contributed by atoms with Crippen molar-refractivity contribution < 1.29 is 50.5 Å². The fraction of sp³-hybridized carbons (Fsp3) is 0.417. The van der Waals surface area contributed by atoms with Crippen molar-refractivity contribution in [2.75, 3.05) is 13.1 Å². The lowest BCUT2D eigenvalue weighted by Crippen LogP contribution is -2.55. The first-order valence-electron chi connectivity index (χ1n) is 11.1. The van der Waals surface area contributed by atoms with E-state index in [1.54, 1.807) is 20.8 Å². The van der Waals surface area contributed by atoms with Crippen LogP contribution in [-0.4, -0.2) is 60.3 Å². The summed E-state index contributed by atoms with van der Waals surface area (Å²) in [4.78, 5) is 25.6. The smallest absolute Gasteiger partial charge is 0.480 e. The van der Waals surface area contributed by atoms with Crippen molar-refractivity contribution in [2.45, 2.75) is 55.2 Å². The molecule has 0 spiro atoms. The Hall–Kier alpha value is -3.48. The number of nitrogens with zero attached hydrogens (tertiary/aromatic N) is 1. The molecule has 1 amide bonds. The van der Waals surface area contributed by atoms with Gasteiger partial charge in [-0.1, -0.05) is 0 Å². The van der Waals surface area contributed by atoms with Crippen LogP contribution in [0.4, 0.5) is 18.0 Å². The van der Waals surface area contributed by atoms with E-state index in [9.17, 15) is 36.3 Å². The van der Waals surface area contributed by atoms with Crippen LogP contribution in [0.3, 0.4) is 0 Å². The Morgan fingerprint density at radius 3 is 1.78 bits per heavy atom. The predicted molar refractivity (Wildman–Crippen MR) is 124 cm³/mol. The monoisotopic (exact) mass is 545 g/mol. The van der Waals surface area contributed by atoms with Gasteiger partial charge in [-0.05, 0) is 82.1 Å². The third-order valence-electron chi connectivity index (χ3n) is 5.55. The molecular weight excluding hydrogens is 519 g/mol. The molecule has 0 atom stereocenters. The maximum absolute atomic E-state index is 13.4. The average Bonchev–Trinajstić information content (AvgIpc) is 2.78. The molecule has 9 nitrogen and oxygen atoms in total. The van der Waals surface area contributed by atoms with Crippen molar-refractivity contribution in [1.29, 1.82) is 0 Å². The molecule has 0 saturated carbocycles. The van der Waals surface area contributed by atoms with Crippen LogP contribution in [0.25, 0.3) is 0 Å². The highest BCUT2D eigenvalue weighted by Gasteiger charge is 2.54. The summed E-state index contributed by atoms with van der Waals surface area (Å²) in [5, 5.41) is 9.92. The van der Waals surface area contributed by atoms with Gasteiger partial charge in [0, 0.05) is 13.1 Å². The van der Waals surface area contributed by atoms with Gasteiger partial charge >= 0.3 is 18.4 Å². The van der Waals surface area contributed by atoms with Crippen molar-refractivity contribution >= 4 is 21.9 Å². The summed E-state index contributed by atoms with van der Waals surface area (Å²) < 4.78 is 76.1. The van der Waals surface area contributed by atoms with Crippen molar-refractivity contribution in [3.63, 3.8) is 0 Å². The maximum Gasteiger partial charge on any atom is 0.573 e. The molecule has 0 bridgehead atoms. The number of sulfone groups is 1. The number of carboxylic acids is 1. The molecule has 3 rings (SSSR count). The Morgan fingerprint density at radius 1 is 0.892 bits per heavy atom. The third-order valence-corrected chi connectivity index (χ3v) is 8.06. The molecule has 37 heavy (non-hydrogen) atoms. The van der Waals surface area contributed by atoms with Gasteiger partial charge in [0.05, 0.1) is 4.90 Å². The zero-order valence-electron chi connectivity index (χ0n) is 20.2. The quantitative estimate of drug-likeness (QED) is 0.538. The first-order chi connectivity index (χ1) is 17.0. The average molecular weight is 546 g/mol. The molecule has 0 unspecified atom stereocenters. The second-order valence-corrected chi connectivity index (χ2v) is 11.6. The van der Waals surface area contributed by atoms with E-state index >= 15 is 0 Å². The van der Waals surface area contributed by atoms with Gasteiger partial charge in [0.15, 0.2) is 14.6 Å². The number of carbonyl (C=O) groups excluding carboxylic acids is 1. The minimum absolute atomic E-state index is 0.115. The first kappa shape index (κ1) is 28.1. The molecule has 0 radical (unpaired) electrons. The Bertz CT molecular complexity index is 1230. The Balaban J connectivity index is 1.73. The number of halogens is 3. The predicted octanol–water partition coefficient (Wildman–Crippen LogP) is 5.01. The topological polar surface area (TPSA) is 119 Å². The van der Waals surface area contributed by atoms with E-state index in [-0.39, 0.29) is 42.3 Å². The molecule has 13 heteroatoms. The number of amides is 1. The van der Waals surface area contributed by atoms with Crippen LogP contribution in [0.2, 0.25) is 0 Å². The molecular formula is C24H26F3NO8S. The zero-order chi connectivity index (χ0) is 27.6. The minimum Gasteiger partial charge on any atom is -0.480 e. The molecule has 0 aliphatic carbocycles. The standard InChI is InChI=1S/C24H26F3NO8S/c1-22(2,3)36-21(31)28-14-12-23(13-15-28,20(29)30)37(32,33)19-10-8-17(9-11-19)34-16-4-6-18(7-5-16)35-24(25,26)27/h4-11H,12-15H2,1-3H3,(H,29,30). The number of hydrogen-bond donors (Lipinski definition) is 1. The fourth-order valence-electron chi connectivity index (χ4n) is 3.73. The summed E-state index contributed by atoms with van der Waals surface area (Å²) >= 11 is 0. The molecule has 2 aromatic carbocycles. The van der Waals surface area contributed by atoms with Crippen LogP contribution in [0.1, 0.15) is 33.6 Å². The lowest BCUT2D eigenvalue weighted by molar-refractivity contribution is -0.274. The molecule has 2 aromatic rings. The van der Waals surface area contributed by atoms with Crippen LogP contribution in [0.15, 0.2) is 53.4 Å². The number of likely N-dealkylation sites (tertiary alicyclic amines) is 1. The first-order valence-corrected chi connectivity index (χ1v) is 12.6. The van der Waals surface area contributed by atoms with E-state index in [0.717, 1.165) is 12.1 Å². The van der Waals surface area contributed by atoms with Crippen LogP contribution >= 0.6 is 0 Å². The number of carbonyl (C=O) groups is 2. The van der Waals surface area contributed by atoms with Crippen molar-refractivity contribution in [3.05, 3.63) is 48.5 Å². The van der Waals surface area contributed by atoms with E-state index in [0.29, 0.717) is 0 Å². The van der Waals surface area contributed by atoms with Gasteiger partial charge in [-0.2, -0.15) is 0 Å². The fourth-order valence-corrected chi connectivity index (χ4v) is 5.63. The Morgan fingerprint density at radius 2 is 1.35 bits per heavy atom. The number of aliphatic carboxylic acids is 1. The number of benzene rings is 2. The van der Waals surface area contributed by atoms with E-state index < -0.39 is 44.4 Å². The summed E-state index contributed by atoms with van der Waals surface area (Å²) in [7, 11) is -4.38. The summed E-state index contributed by atoms with van der Waals surface area (Å²) in [5.41, 5.74) is -0.757. The summed E-state index contributed by atoms with van der Waals surface area (Å²) in [6.45, 7) is 4.83. The molecule has 1 aliphatic heterocycles. The van der Waals surface area contributed by atoms with Gasteiger partial charge in [-0.25, -0.2) is 13.2 Å². The molecule has 1 heterocycles. The molecule has 1 saturated heterocycles. The summed E-state index contributed by atoms with van der Waals surface area (Å²) in [5.74, 6) is -1.61. The van der Waals surface area contributed by atoms with Crippen molar-refractivity contribution in [2.24, 2.45) is 0 Å². The van der Waals surface area contributed by atoms with E-state index in [1.165, 1.54) is 41.3 Å². The number of alkyl halides is 3. The normalized spacial score (nSPS) is 16.1. The minimum atomic E-state index is -4.83. The van der Waals surface area contributed by atoms with Gasteiger partial charge in [0.25, 0.3) is 0 Å². The SMILES string of the molecule is CC(C)(C)OC(=O)N1CCC(C(=O)O)(S(=O)(=O)c2ccc(Oc3ccc(OC(F)(F)F)cc3)cc2)CC1. The van der Waals surface area contributed by atoms with Gasteiger partial charge in [-0.3, -0.25) is 4.79 Å². The number of piperidine rings is 1. The summed E-state index contributed by atoms with van der Waals surface area (Å²) in [6.07, 6.45) is -6.13. The highest BCUT2D eigenvalue weighted by molar-refractivity contribution is 7.93. The highest BCUT2D eigenvalue weighted by Crippen LogP contribution is 2.37. The Labute approximate surface area is 211 Å². The van der Waals surface area contributed by atoms with Crippen LogP contribution < -0.4 is 9.47 Å². The van der Waals surface area contributed by atoms with Crippen molar-refractivity contribution in [3.8, 4) is 17.2 Å². The number of rotatable bonds is 6. The highest BCUT2D eigenvalue weighted by atomic mass is 32.2.